The van der Waals surface area contributed by atoms with Gasteiger partial charge in [-0.1, -0.05) is 31.2 Å². The maximum atomic E-state index is 13.8. The zero-order chi connectivity index (χ0) is 19.2. The highest BCUT2D eigenvalue weighted by Crippen LogP contribution is 2.24. The summed E-state index contributed by atoms with van der Waals surface area (Å²) in [6, 6.07) is 17.6. The average Bonchev–Trinajstić information content (AvgIpc) is 2.72. The Labute approximate surface area is 157 Å². The zero-order valence-corrected chi connectivity index (χ0v) is 14.9. The van der Waals surface area contributed by atoms with E-state index in [1.807, 2.05) is 42.5 Å². The maximum absolute atomic E-state index is 13.8. The maximum Gasteiger partial charge on any atom is 0.227 e. The van der Waals surface area contributed by atoms with Gasteiger partial charge in [-0.3, -0.25) is 9.78 Å². The van der Waals surface area contributed by atoms with Gasteiger partial charge in [0.1, 0.15) is 5.82 Å². The lowest BCUT2D eigenvalue weighted by molar-refractivity contribution is -0.118. The van der Waals surface area contributed by atoms with Crippen molar-refractivity contribution in [2.75, 3.05) is 4.90 Å². The molecule has 134 valence electrons. The van der Waals surface area contributed by atoms with Gasteiger partial charge >= 0.3 is 0 Å². The highest BCUT2D eigenvalue weighted by atomic mass is 19.1. The molecule has 0 bridgehead atoms. The lowest BCUT2D eigenvalue weighted by Gasteiger charge is -2.23. The molecule has 0 aliphatic carbocycles. The predicted octanol–water partition coefficient (Wildman–Crippen LogP) is 4.70. The second-order valence-electron chi connectivity index (χ2n) is 6.08. The van der Waals surface area contributed by atoms with E-state index in [9.17, 15) is 9.18 Å². The number of aromatic nitrogens is 1. The molecule has 4 nitrogen and oxygen atoms in total. The molecular weight excluding hydrogens is 341 g/mol. The van der Waals surface area contributed by atoms with Crippen molar-refractivity contribution in [1.82, 2.24) is 4.98 Å². The number of benzene rings is 2. The normalized spacial score (nSPS) is 10.3. The minimum Gasteiger partial charge on any atom is -0.308 e. The molecular formula is C22H18FN3O. The van der Waals surface area contributed by atoms with Gasteiger partial charge in [-0.15, -0.1) is 0 Å². The standard InChI is InChI=1S/C22H18FN3O/c1-2-22(27)26(21-12-17(14-24)11-20(23)13-21)15-16-3-5-18(6-4-16)19-7-9-25-10-8-19/h3-13H,2,15H2,1H3. The van der Waals surface area contributed by atoms with E-state index in [0.717, 1.165) is 22.8 Å². The smallest absolute Gasteiger partial charge is 0.227 e. The molecule has 0 atom stereocenters. The fourth-order valence-electron chi connectivity index (χ4n) is 2.84. The average molecular weight is 359 g/mol. The first-order chi connectivity index (χ1) is 13.1. The molecule has 0 aliphatic rings. The highest BCUT2D eigenvalue weighted by Gasteiger charge is 2.16. The predicted molar refractivity (Wildman–Crippen MR) is 102 cm³/mol. The molecule has 27 heavy (non-hydrogen) atoms. The summed E-state index contributed by atoms with van der Waals surface area (Å²) in [5.41, 5.74) is 3.59. The molecule has 1 aromatic heterocycles. The summed E-state index contributed by atoms with van der Waals surface area (Å²) in [5.74, 6) is -0.673. The van der Waals surface area contributed by atoms with E-state index in [1.54, 1.807) is 19.3 Å². The number of nitrogens with zero attached hydrogens (tertiary/aromatic N) is 3. The van der Waals surface area contributed by atoms with Crippen molar-refractivity contribution in [2.45, 2.75) is 19.9 Å². The van der Waals surface area contributed by atoms with E-state index in [0.29, 0.717) is 12.2 Å². The SMILES string of the molecule is CCC(=O)N(Cc1ccc(-c2ccncc2)cc1)c1cc(F)cc(C#N)c1. The number of carbonyl (C=O) groups excluding carboxylic acids is 1. The van der Waals surface area contributed by atoms with E-state index in [-0.39, 0.29) is 17.9 Å². The molecule has 0 spiro atoms. The van der Waals surface area contributed by atoms with Crippen LogP contribution in [0.25, 0.3) is 11.1 Å². The minimum atomic E-state index is -0.536. The van der Waals surface area contributed by atoms with Crippen molar-refractivity contribution in [3.63, 3.8) is 0 Å². The van der Waals surface area contributed by atoms with Crippen LogP contribution < -0.4 is 4.90 Å². The molecule has 0 N–H and O–H groups in total. The Hall–Kier alpha value is -3.52. The Morgan fingerprint density at radius 3 is 2.37 bits per heavy atom. The number of carbonyl (C=O) groups is 1. The van der Waals surface area contributed by atoms with Gasteiger partial charge in [0.25, 0.3) is 0 Å². The Kier molecular flexibility index (Phi) is 5.58. The van der Waals surface area contributed by atoms with Gasteiger partial charge in [-0.2, -0.15) is 5.26 Å². The Morgan fingerprint density at radius 2 is 1.74 bits per heavy atom. The van der Waals surface area contributed by atoms with Crippen LogP contribution in [0.5, 0.6) is 0 Å². The molecule has 3 aromatic rings. The number of anilines is 1. The van der Waals surface area contributed by atoms with Crippen LogP contribution in [-0.4, -0.2) is 10.9 Å². The van der Waals surface area contributed by atoms with Crippen molar-refractivity contribution >= 4 is 11.6 Å². The van der Waals surface area contributed by atoms with Crippen molar-refractivity contribution in [3.05, 3.63) is 83.9 Å². The monoisotopic (exact) mass is 359 g/mol. The Morgan fingerprint density at radius 1 is 1.07 bits per heavy atom. The molecule has 2 aromatic carbocycles. The van der Waals surface area contributed by atoms with Crippen LogP contribution in [0.1, 0.15) is 24.5 Å². The largest absolute Gasteiger partial charge is 0.308 e. The van der Waals surface area contributed by atoms with Crippen LogP contribution in [-0.2, 0) is 11.3 Å². The van der Waals surface area contributed by atoms with Gasteiger partial charge in [0, 0.05) is 24.5 Å². The summed E-state index contributed by atoms with van der Waals surface area (Å²) >= 11 is 0. The van der Waals surface area contributed by atoms with Gasteiger partial charge in [0.15, 0.2) is 0 Å². The van der Waals surface area contributed by atoms with Crippen LogP contribution in [0.3, 0.4) is 0 Å². The first kappa shape index (κ1) is 18.3. The lowest BCUT2D eigenvalue weighted by Crippen LogP contribution is -2.29. The van der Waals surface area contributed by atoms with E-state index in [4.69, 9.17) is 5.26 Å². The van der Waals surface area contributed by atoms with Crippen LogP contribution in [0.15, 0.2) is 67.0 Å². The number of rotatable bonds is 5. The number of amides is 1. The Balaban J connectivity index is 1.88. The van der Waals surface area contributed by atoms with E-state index < -0.39 is 5.82 Å². The number of nitriles is 1. The van der Waals surface area contributed by atoms with E-state index >= 15 is 0 Å². The molecule has 0 fully saturated rings. The van der Waals surface area contributed by atoms with Crippen LogP contribution in [0.2, 0.25) is 0 Å². The quantitative estimate of drug-likeness (QED) is 0.663. The third-order valence-corrected chi connectivity index (χ3v) is 4.24. The minimum absolute atomic E-state index is 0.136. The number of hydrogen-bond acceptors (Lipinski definition) is 3. The van der Waals surface area contributed by atoms with Gasteiger partial charge < -0.3 is 4.90 Å². The van der Waals surface area contributed by atoms with Crippen molar-refractivity contribution in [3.8, 4) is 17.2 Å². The zero-order valence-electron chi connectivity index (χ0n) is 14.9. The van der Waals surface area contributed by atoms with Crippen LogP contribution >= 0.6 is 0 Å². The molecule has 0 saturated carbocycles. The van der Waals surface area contributed by atoms with Crippen molar-refractivity contribution < 1.29 is 9.18 Å². The molecule has 0 aliphatic heterocycles. The summed E-state index contributed by atoms with van der Waals surface area (Å²) in [6.07, 6.45) is 3.76. The van der Waals surface area contributed by atoms with Gasteiger partial charge in [0.2, 0.25) is 5.91 Å². The molecule has 3 rings (SSSR count). The lowest BCUT2D eigenvalue weighted by atomic mass is 10.0. The third kappa shape index (κ3) is 4.36. The topological polar surface area (TPSA) is 57.0 Å². The summed E-state index contributed by atoms with van der Waals surface area (Å²) in [7, 11) is 0. The fraction of sp³-hybridized carbons (Fsp3) is 0.136. The molecule has 0 saturated heterocycles. The van der Waals surface area contributed by atoms with Crippen LogP contribution in [0, 0.1) is 17.1 Å². The van der Waals surface area contributed by atoms with E-state index in [1.165, 1.54) is 17.0 Å². The molecule has 1 amide bonds. The number of pyridine rings is 1. The molecule has 0 radical (unpaired) electrons. The summed E-state index contributed by atoms with van der Waals surface area (Å²) in [4.78, 5) is 17.9. The van der Waals surface area contributed by atoms with Gasteiger partial charge in [0.05, 0.1) is 18.2 Å². The van der Waals surface area contributed by atoms with Gasteiger partial charge in [-0.25, -0.2) is 4.39 Å². The van der Waals surface area contributed by atoms with Crippen molar-refractivity contribution in [1.29, 1.82) is 5.26 Å². The molecule has 1 heterocycles. The first-order valence-corrected chi connectivity index (χ1v) is 8.61. The van der Waals surface area contributed by atoms with Crippen LogP contribution in [0.4, 0.5) is 10.1 Å². The van der Waals surface area contributed by atoms with Crippen molar-refractivity contribution in [2.24, 2.45) is 0 Å². The number of hydrogen-bond donors (Lipinski definition) is 0. The molecule has 0 unspecified atom stereocenters. The summed E-state index contributed by atoms with van der Waals surface area (Å²) in [6.45, 7) is 2.06. The summed E-state index contributed by atoms with van der Waals surface area (Å²) < 4.78 is 13.8. The van der Waals surface area contributed by atoms with E-state index in [2.05, 4.69) is 4.98 Å². The fourth-order valence-corrected chi connectivity index (χ4v) is 2.84. The second kappa shape index (κ2) is 8.24. The van der Waals surface area contributed by atoms with Gasteiger partial charge in [-0.05, 0) is 47.0 Å². The molecule has 5 heteroatoms. The second-order valence-corrected chi connectivity index (χ2v) is 6.08. The number of halogens is 1. The summed E-state index contributed by atoms with van der Waals surface area (Å²) in [5, 5.41) is 9.07. The first-order valence-electron chi connectivity index (χ1n) is 8.61. The highest BCUT2D eigenvalue weighted by molar-refractivity contribution is 5.93. The third-order valence-electron chi connectivity index (χ3n) is 4.24. The Bertz CT molecular complexity index is 979.